The van der Waals surface area contributed by atoms with Crippen LogP contribution >= 0.6 is 0 Å². The Hall–Kier alpha value is -2.79. The van der Waals surface area contributed by atoms with Crippen LogP contribution in [0.3, 0.4) is 0 Å². The van der Waals surface area contributed by atoms with Crippen LogP contribution in [0.4, 0.5) is 0 Å². The normalized spacial score (nSPS) is 14.3. The molecule has 28 heavy (non-hydrogen) atoms. The average molecular weight is 378 g/mol. The van der Waals surface area contributed by atoms with Crippen LogP contribution in [-0.2, 0) is 19.5 Å². The van der Waals surface area contributed by atoms with Crippen molar-refractivity contribution in [2.75, 3.05) is 13.1 Å². The highest BCUT2D eigenvalue weighted by molar-refractivity contribution is 6.06. The van der Waals surface area contributed by atoms with E-state index in [1.54, 1.807) is 0 Å². The predicted molar refractivity (Wildman–Crippen MR) is 110 cm³/mol. The van der Waals surface area contributed by atoms with Gasteiger partial charge < -0.3 is 14.8 Å². The molecule has 2 N–H and O–H groups in total. The van der Waals surface area contributed by atoms with Gasteiger partial charge in [0.1, 0.15) is 5.75 Å². The van der Waals surface area contributed by atoms with Gasteiger partial charge in [-0.05, 0) is 42.6 Å². The summed E-state index contributed by atoms with van der Waals surface area (Å²) in [5, 5.41) is 21.1. The third kappa shape index (κ3) is 3.27. The highest BCUT2D eigenvalue weighted by Gasteiger charge is 2.28. The molecule has 0 aliphatic carbocycles. The lowest BCUT2D eigenvalue weighted by Gasteiger charge is -2.28. The van der Waals surface area contributed by atoms with E-state index >= 15 is 0 Å². The smallest absolute Gasteiger partial charge is 0.337 e. The van der Waals surface area contributed by atoms with Crippen LogP contribution in [0, 0.1) is 0 Å². The molecular weight excluding hydrogens is 352 g/mol. The van der Waals surface area contributed by atoms with Gasteiger partial charge in [-0.1, -0.05) is 43.7 Å². The molecule has 0 saturated heterocycles. The number of hydrogen-bond donors (Lipinski definition) is 2. The molecular formula is C23H26N2O3. The summed E-state index contributed by atoms with van der Waals surface area (Å²) in [5.41, 5.74) is 4.23. The summed E-state index contributed by atoms with van der Waals surface area (Å²) < 4.78 is 2.11. The number of fused-ring (bicyclic) bond motifs is 3. The fourth-order valence-electron chi connectivity index (χ4n) is 4.30. The van der Waals surface area contributed by atoms with Gasteiger partial charge in [0.25, 0.3) is 0 Å². The third-order valence-corrected chi connectivity index (χ3v) is 5.70. The zero-order chi connectivity index (χ0) is 19.7. The number of aromatic carboxylic acids is 1. The van der Waals surface area contributed by atoms with E-state index in [9.17, 15) is 15.0 Å². The molecule has 146 valence electrons. The van der Waals surface area contributed by atoms with Crippen molar-refractivity contribution in [3.05, 3.63) is 64.8 Å². The van der Waals surface area contributed by atoms with Crippen molar-refractivity contribution in [2.45, 2.75) is 39.3 Å². The monoisotopic (exact) mass is 378 g/mol. The van der Waals surface area contributed by atoms with Crippen molar-refractivity contribution in [1.82, 2.24) is 9.47 Å². The summed E-state index contributed by atoms with van der Waals surface area (Å²) in [7, 11) is 0. The van der Waals surface area contributed by atoms with Gasteiger partial charge in [0.05, 0.1) is 11.1 Å². The maximum atomic E-state index is 11.9. The van der Waals surface area contributed by atoms with Crippen LogP contribution in [-0.4, -0.2) is 38.7 Å². The number of aromatic hydroxyl groups is 1. The summed E-state index contributed by atoms with van der Waals surface area (Å²) in [6, 6.07) is 13.1. The van der Waals surface area contributed by atoms with E-state index in [1.165, 1.54) is 12.1 Å². The summed E-state index contributed by atoms with van der Waals surface area (Å²) in [6.07, 6.45) is 3.13. The second-order valence-corrected chi connectivity index (χ2v) is 7.54. The van der Waals surface area contributed by atoms with Crippen molar-refractivity contribution in [1.29, 1.82) is 0 Å². The van der Waals surface area contributed by atoms with Gasteiger partial charge in [-0.2, -0.15) is 0 Å². The molecule has 0 spiro atoms. The molecule has 1 aliphatic heterocycles. The minimum absolute atomic E-state index is 0.171. The maximum absolute atomic E-state index is 11.9. The van der Waals surface area contributed by atoms with Gasteiger partial charge in [0.2, 0.25) is 0 Å². The first-order chi connectivity index (χ1) is 13.6. The van der Waals surface area contributed by atoms with Crippen LogP contribution in [0.5, 0.6) is 5.75 Å². The van der Waals surface area contributed by atoms with Crippen molar-refractivity contribution >= 4 is 16.9 Å². The summed E-state index contributed by atoms with van der Waals surface area (Å²) in [4.78, 5) is 14.4. The van der Waals surface area contributed by atoms with Crippen molar-refractivity contribution in [3.8, 4) is 5.75 Å². The van der Waals surface area contributed by atoms with E-state index in [-0.39, 0.29) is 11.3 Å². The number of benzene rings is 2. The minimum atomic E-state index is -0.961. The van der Waals surface area contributed by atoms with Gasteiger partial charge in [-0.15, -0.1) is 0 Å². The summed E-state index contributed by atoms with van der Waals surface area (Å²) in [6.45, 7) is 5.56. The second kappa shape index (κ2) is 7.68. The number of hydrogen-bond acceptors (Lipinski definition) is 3. The van der Waals surface area contributed by atoms with Gasteiger partial charge >= 0.3 is 5.97 Å². The number of nitrogens with zero attached hydrogens (tertiary/aromatic N) is 2. The molecule has 5 nitrogen and oxygen atoms in total. The number of carbonyl (C=O) groups is 1. The molecule has 1 aromatic heterocycles. The number of phenolic OH excluding ortho intramolecular Hbond substituents is 1. The predicted octanol–water partition coefficient (Wildman–Crippen LogP) is 4.25. The van der Waals surface area contributed by atoms with Crippen LogP contribution in [0.2, 0.25) is 0 Å². The Morgan fingerprint density at radius 1 is 1.14 bits per heavy atom. The number of unbranched alkanes of at least 4 members (excludes halogenated alkanes) is 1. The highest BCUT2D eigenvalue weighted by Crippen LogP contribution is 2.38. The Bertz CT molecular complexity index is 1010. The molecule has 2 heterocycles. The highest BCUT2D eigenvalue weighted by atomic mass is 16.4. The lowest BCUT2D eigenvalue weighted by atomic mass is 10.0. The molecule has 0 radical (unpaired) electrons. The Kier molecular flexibility index (Phi) is 5.09. The lowest BCUT2D eigenvalue weighted by molar-refractivity contribution is 0.0698. The topological polar surface area (TPSA) is 65.7 Å². The van der Waals surface area contributed by atoms with E-state index in [1.807, 2.05) is 18.2 Å². The molecule has 1 aliphatic rings. The summed E-state index contributed by atoms with van der Waals surface area (Å²) >= 11 is 0. The first kappa shape index (κ1) is 18.6. The van der Waals surface area contributed by atoms with Crippen LogP contribution in [0.1, 0.15) is 46.9 Å². The van der Waals surface area contributed by atoms with Gasteiger partial charge in [0, 0.05) is 30.7 Å². The maximum Gasteiger partial charge on any atom is 0.337 e. The molecule has 0 bridgehead atoms. The zero-order valence-corrected chi connectivity index (χ0v) is 16.2. The van der Waals surface area contributed by atoms with Crippen molar-refractivity contribution < 1.29 is 15.0 Å². The van der Waals surface area contributed by atoms with Gasteiger partial charge in [0.15, 0.2) is 0 Å². The molecule has 0 amide bonds. The summed E-state index contributed by atoms with van der Waals surface area (Å²) in [5.74, 6) is -0.790. The van der Waals surface area contributed by atoms with Crippen molar-refractivity contribution in [3.63, 3.8) is 0 Å². The molecule has 2 aromatic carbocycles. The number of rotatable bonds is 6. The number of phenols is 1. The Labute approximate surface area is 164 Å². The second-order valence-electron chi connectivity index (χ2n) is 7.54. The number of aromatic nitrogens is 1. The zero-order valence-electron chi connectivity index (χ0n) is 16.2. The first-order valence-electron chi connectivity index (χ1n) is 9.95. The van der Waals surface area contributed by atoms with Crippen molar-refractivity contribution in [2.24, 2.45) is 0 Å². The standard InChI is InChI=1S/C23H26N2O3/c1-2-3-12-24-13-11-17-19(15-24)25(14-16-7-5-4-6-8-16)22-18(23(27)28)9-10-20(26)21(17)22/h4-10,26H,2-3,11-15H2,1H3,(H,27,28). The fraction of sp³-hybridized carbons (Fsp3) is 0.348. The Morgan fingerprint density at radius 3 is 2.64 bits per heavy atom. The van der Waals surface area contributed by atoms with Gasteiger partial charge in [-0.3, -0.25) is 4.90 Å². The number of carboxylic acid groups (broad SMARTS) is 1. The quantitative estimate of drug-likeness (QED) is 0.673. The van der Waals surface area contributed by atoms with Crippen LogP contribution < -0.4 is 0 Å². The van der Waals surface area contributed by atoms with E-state index in [2.05, 4.69) is 28.5 Å². The number of carboxylic acids is 1. The van der Waals surface area contributed by atoms with E-state index in [4.69, 9.17) is 0 Å². The fourth-order valence-corrected chi connectivity index (χ4v) is 4.30. The minimum Gasteiger partial charge on any atom is -0.507 e. The first-order valence-corrected chi connectivity index (χ1v) is 9.95. The molecule has 0 atom stereocenters. The van der Waals surface area contributed by atoms with Gasteiger partial charge in [-0.25, -0.2) is 4.79 Å². The molecule has 4 rings (SSSR count). The Morgan fingerprint density at radius 2 is 1.93 bits per heavy atom. The van der Waals surface area contributed by atoms with Crippen LogP contribution in [0.25, 0.3) is 10.9 Å². The molecule has 0 saturated carbocycles. The Balaban J connectivity index is 1.90. The van der Waals surface area contributed by atoms with E-state index in [0.717, 1.165) is 55.7 Å². The van der Waals surface area contributed by atoms with E-state index < -0.39 is 5.97 Å². The largest absolute Gasteiger partial charge is 0.507 e. The molecule has 3 aromatic rings. The molecule has 5 heteroatoms. The van der Waals surface area contributed by atoms with E-state index in [0.29, 0.717) is 17.4 Å². The molecule has 0 fully saturated rings. The van der Waals surface area contributed by atoms with Crippen LogP contribution in [0.15, 0.2) is 42.5 Å². The SMILES string of the molecule is CCCCN1CCc2c(n(Cc3ccccc3)c3c(C(=O)O)ccc(O)c23)C1. The average Bonchev–Trinajstić information content (AvgIpc) is 3.02. The lowest BCUT2D eigenvalue weighted by Crippen LogP contribution is -2.32. The third-order valence-electron chi connectivity index (χ3n) is 5.70. The molecule has 0 unspecified atom stereocenters.